The van der Waals surface area contributed by atoms with Gasteiger partial charge in [-0.3, -0.25) is 4.79 Å². The average Bonchev–Trinajstić information content (AvgIpc) is 2.45. The number of nitrogens with two attached hydrogens (primary N) is 1. The fourth-order valence-corrected chi connectivity index (χ4v) is 2.64. The predicted molar refractivity (Wildman–Crippen MR) is 79.5 cm³/mol. The summed E-state index contributed by atoms with van der Waals surface area (Å²) in [6.07, 6.45) is 2.07. The first kappa shape index (κ1) is 14.9. The molecule has 1 aliphatic heterocycles. The first-order chi connectivity index (χ1) is 9.61. The fourth-order valence-electron chi connectivity index (χ4n) is 2.64. The molecule has 2 rings (SSSR count). The fraction of sp³-hybridized carbons (Fsp3) is 0.562. The van der Waals surface area contributed by atoms with E-state index in [4.69, 9.17) is 10.5 Å². The summed E-state index contributed by atoms with van der Waals surface area (Å²) in [5, 5.41) is 0. The van der Waals surface area contributed by atoms with Crippen LogP contribution < -0.4 is 10.5 Å². The van der Waals surface area contributed by atoms with Crippen LogP contribution in [0.4, 0.5) is 0 Å². The lowest BCUT2D eigenvalue weighted by molar-refractivity contribution is -0.138. The Bertz CT molecular complexity index is 444. The van der Waals surface area contributed by atoms with E-state index in [-0.39, 0.29) is 17.9 Å². The number of ether oxygens (including phenoxy) is 1. The number of likely N-dealkylation sites (tertiary alicyclic amines) is 1. The predicted octanol–water partition coefficient (Wildman–Crippen LogP) is 2.34. The van der Waals surface area contributed by atoms with Crippen molar-refractivity contribution in [1.82, 2.24) is 4.90 Å². The quantitative estimate of drug-likeness (QED) is 0.898. The molecule has 1 aliphatic rings. The summed E-state index contributed by atoms with van der Waals surface area (Å²) in [4.78, 5) is 14.0. The van der Waals surface area contributed by atoms with Crippen molar-refractivity contribution in [3.63, 3.8) is 0 Å². The van der Waals surface area contributed by atoms with Gasteiger partial charge in [0.15, 0.2) is 0 Å². The van der Waals surface area contributed by atoms with Crippen molar-refractivity contribution in [2.45, 2.75) is 32.7 Å². The van der Waals surface area contributed by atoms with Crippen LogP contribution >= 0.6 is 0 Å². The van der Waals surface area contributed by atoms with Crippen LogP contribution in [0.5, 0.6) is 5.75 Å². The maximum atomic E-state index is 12.1. The van der Waals surface area contributed by atoms with E-state index in [2.05, 4.69) is 0 Å². The molecule has 1 amide bonds. The Balaban J connectivity index is 1.96. The number of carbonyl (C=O) groups excluding carboxylic acids is 1. The molecular weight excluding hydrogens is 252 g/mol. The molecule has 1 heterocycles. The van der Waals surface area contributed by atoms with E-state index >= 15 is 0 Å². The molecule has 0 radical (unpaired) electrons. The van der Waals surface area contributed by atoms with E-state index in [0.717, 1.165) is 30.7 Å². The van der Waals surface area contributed by atoms with Crippen molar-refractivity contribution >= 4 is 5.91 Å². The lowest BCUT2D eigenvalue weighted by atomic mass is 9.98. The molecule has 0 spiro atoms. The number of piperidine rings is 1. The third-order valence-corrected chi connectivity index (χ3v) is 3.83. The van der Waals surface area contributed by atoms with Gasteiger partial charge in [0.1, 0.15) is 5.75 Å². The highest BCUT2D eigenvalue weighted by molar-refractivity contribution is 5.79. The van der Waals surface area contributed by atoms with Gasteiger partial charge in [0.05, 0.1) is 6.61 Å². The third kappa shape index (κ3) is 3.51. The summed E-state index contributed by atoms with van der Waals surface area (Å²) >= 11 is 0. The number of nitrogens with zero attached hydrogens (tertiary/aromatic N) is 1. The summed E-state index contributed by atoms with van der Waals surface area (Å²) < 4.78 is 5.42. The normalized spacial score (nSPS) is 20.9. The van der Waals surface area contributed by atoms with Gasteiger partial charge in [-0.05, 0) is 37.5 Å². The van der Waals surface area contributed by atoms with Gasteiger partial charge >= 0.3 is 0 Å². The van der Waals surface area contributed by atoms with Crippen LogP contribution in [0.2, 0.25) is 0 Å². The Morgan fingerprint density at radius 2 is 2.10 bits per heavy atom. The van der Waals surface area contributed by atoms with Gasteiger partial charge < -0.3 is 15.4 Å². The van der Waals surface area contributed by atoms with Crippen LogP contribution in [0.15, 0.2) is 24.3 Å². The van der Waals surface area contributed by atoms with Crippen molar-refractivity contribution in [3.8, 4) is 5.75 Å². The molecule has 0 aliphatic carbocycles. The molecule has 0 aromatic heterocycles. The summed E-state index contributed by atoms with van der Waals surface area (Å²) in [5.41, 5.74) is 7.26. The molecule has 1 aromatic rings. The molecule has 2 unspecified atom stereocenters. The summed E-state index contributed by atoms with van der Waals surface area (Å²) in [6, 6.07) is 7.68. The van der Waals surface area contributed by atoms with Crippen LogP contribution in [0, 0.1) is 5.92 Å². The molecular formula is C16H24N2O2. The number of hydrogen-bond acceptors (Lipinski definition) is 3. The van der Waals surface area contributed by atoms with Crippen molar-refractivity contribution < 1.29 is 9.53 Å². The number of amides is 1. The van der Waals surface area contributed by atoms with Crippen molar-refractivity contribution in [3.05, 3.63) is 29.8 Å². The summed E-state index contributed by atoms with van der Waals surface area (Å²) in [5.74, 6) is 1.22. The first-order valence-electron chi connectivity index (χ1n) is 7.39. The first-order valence-corrected chi connectivity index (χ1v) is 7.39. The zero-order valence-corrected chi connectivity index (χ0v) is 12.3. The zero-order chi connectivity index (χ0) is 14.5. The third-order valence-electron chi connectivity index (χ3n) is 3.83. The van der Waals surface area contributed by atoms with Crippen molar-refractivity contribution in [2.75, 3.05) is 19.7 Å². The van der Waals surface area contributed by atoms with Crippen molar-refractivity contribution in [1.29, 1.82) is 0 Å². The lowest BCUT2D eigenvalue weighted by Crippen LogP contribution is -2.43. The average molecular weight is 276 g/mol. The van der Waals surface area contributed by atoms with Gasteiger partial charge in [-0.1, -0.05) is 19.1 Å². The van der Waals surface area contributed by atoms with Crippen molar-refractivity contribution in [2.24, 2.45) is 11.7 Å². The largest absolute Gasteiger partial charge is 0.494 e. The molecule has 1 aromatic carbocycles. The molecule has 2 atom stereocenters. The van der Waals surface area contributed by atoms with Gasteiger partial charge in [0, 0.05) is 25.0 Å². The molecule has 4 heteroatoms. The summed E-state index contributed by atoms with van der Waals surface area (Å²) in [7, 11) is 0. The molecule has 1 saturated heterocycles. The minimum Gasteiger partial charge on any atom is -0.494 e. The van der Waals surface area contributed by atoms with Gasteiger partial charge in [-0.2, -0.15) is 0 Å². The van der Waals surface area contributed by atoms with E-state index in [0.29, 0.717) is 13.2 Å². The smallest absolute Gasteiger partial charge is 0.225 e. The molecule has 0 bridgehead atoms. The van der Waals surface area contributed by atoms with Gasteiger partial charge in [0.2, 0.25) is 5.91 Å². The zero-order valence-electron chi connectivity index (χ0n) is 12.3. The van der Waals surface area contributed by atoms with Crippen LogP contribution in [-0.4, -0.2) is 30.5 Å². The van der Waals surface area contributed by atoms with E-state index in [1.54, 1.807) is 0 Å². The Kier molecular flexibility index (Phi) is 5.01. The van der Waals surface area contributed by atoms with E-state index in [1.165, 1.54) is 0 Å². The minimum atomic E-state index is -0.139. The lowest BCUT2D eigenvalue weighted by Gasteiger charge is -2.32. The molecule has 20 heavy (non-hydrogen) atoms. The van der Waals surface area contributed by atoms with E-state index < -0.39 is 0 Å². The maximum Gasteiger partial charge on any atom is 0.225 e. The summed E-state index contributed by atoms with van der Waals surface area (Å²) in [6.45, 7) is 6.04. The molecule has 0 saturated carbocycles. The Hall–Kier alpha value is -1.55. The topological polar surface area (TPSA) is 55.6 Å². The van der Waals surface area contributed by atoms with Crippen LogP contribution in [0.25, 0.3) is 0 Å². The highest BCUT2D eigenvalue weighted by Gasteiger charge is 2.26. The number of benzene rings is 1. The maximum absolute atomic E-state index is 12.1. The second kappa shape index (κ2) is 6.75. The second-order valence-corrected chi connectivity index (χ2v) is 5.44. The highest BCUT2D eigenvalue weighted by Crippen LogP contribution is 2.21. The standard InChI is InChI=1S/C16H24N2O2/c1-3-20-14-8-6-13(7-9-14)15(17)11-18-10-4-5-12(2)16(18)19/h6-9,12,15H,3-5,10-11,17H2,1-2H3. The Labute approximate surface area is 120 Å². The Morgan fingerprint density at radius 1 is 1.40 bits per heavy atom. The van der Waals surface area contributed by atoms with Gasteiger partial charge in [-0.15, -0.1) is 0 Å². The number of carbonyl (C=O) groups is 1. The molecule has 4 nitrogen and oxygen atoms in total. The van der Waals surface area contributed by atoms with Gasteiger partial charge in [0.25, 0.3) is 0 Å². The van der Waals surface area contributed by atoms with E-state index in [9.17, 15) is 4.79 Å². The van der Waals surface area contributed by atoms with Crippen LogP contribution in [-0.2, 0) is 4.79 Å². The monoisotopic (exact) mass is 276 g/mol. The molecule has 2 N–H and O–H groups in total. The molecule has 1 fully saturated rings. The minimum absolute atomic E-state index is 0.135. The number of rotatable bonds is 5. The SMILES string of the molecule is CCOc1ccc(C(N)CN2CCCC(C)C2=O)cc1. The van der Waals surface area contributed by atoms with Gasteiger partial charge in [-0.25, -0.2) is 0 Å². The van der Waals surface area contributed by atoms with E-state index in [1.807, 2.05) is 43.0 Å². The van der Waals surface area contributed by atoms with Crippen LogP contribution in [0.3, 0.4) is 0 Å². The Morgan fingerprint density at radius 3 is 2.75 bits per heavy atom. The second-order valence-electron chi connectivity index (χ2n) is 5.44. The van der Waals surface area contributed by atoms with Crippen LogP contribution in [0.1, 0.15) is 38.3 Å². The number of hydrogen-bond donors (Lipinski definition) is 1. The highest BCUT2D eigenvalue weighted by atomic mass is 16.5. The molecule has 110 valence electrons.